The van der Waals surface area contributed by atoms with Crippen LogP contribution in [0.4, 0.5) is 0 Å². The number of nitrogens with one attached hydrogen (secondary N) is 2. The first-order valence-electron chi connectivity index (χ1n) is 7.18. The lowest BCUT2D eigenvalue weighted by Gasteiger charge is -2.35. The number of hydrogen-bond donors (Lipinski definition) is 2. The van der Waals surface area contributed by atoms with E-state index in [4.69, 9.17) is 0 Å². The second kappa shape index (κ2) is 5.38. The van der Waals surface area contributed by atoms with Crippen LogP contribution in [0.2, 0.25) is 0 Å². The molecule has 3 heteroatoms. The highest BCUT2D eigenvalue weighted by atomic mass is 16.2. The molecule has 0 bridgehead atoms. The van der Waals surface area contributed by atoms with Gasteiger partial charge in [-0.2, -0.15) is 0 Å². The molecule has 1 heterocycles. The summed E-state index contributed by atoms with van der Waals surface area (Å²) in [5.41, 5.74) is -0.328. The van der Waals surface area contributed by atoms with Crippen LogP contribution in [0.5, 0.6) is 0 Å². The zero-order valence-electron chi connectivity index (χ0n) is 11.2. The summed E-state index contributed by atoms with van der Waals surface area (Å²) in [6, 6.07) is 0.338. The molecular formula is C14H26N2O. The van der Waals surface area contributed by atoms with Crippen LogP contribution in [0.25, 0.3) is 0 Å². The summed E-state index contributed by atoms with van der Waals surface area (Å²) >= 11 is 0. The van der Waals surface area contributed by atoms with Gasteiger partial charge < -0.3 is 10.6 Å². The highest BCUT2D eigenvalue weighted by Gasteiger charge is 2.35. The van der Waals surface area contributed by atoms with Gasteiger partial charge in [-0.15, -0.1) is 0 Å². The summed E-state index contributed by atoms with van der Waals surface area (Å²) in [4.78, 5) is 12.3. The molecule has 0 aromatic heterocycles. The maximum absolute atomic E-state index is 12.3. The van der Waals surface area contributed by atoms with E-state index in [1.54, 1.807) is 0 Å². The second-order valence-electron chi connectivity index (χ2n) is 6.02. The molecule has 98 valence electrons. The molecule has 0 aromatic rings. The molecule has 3 nitrogen and oxygen atoms in total. The van der Waals surface area contributed by atoms with Crippen molar-refractivity contribution >= 4 is 5.91 Å². The van der Waals surface area contributed by atoms with Gasteiger partial charge in [0, 0.05) is 6.04 Å². The Hall–Kier alpha value is -0.570. The van der Waals surface area contributed by atoms with Crippen molar-refractivity contribution in [3.63, 3.8) is 0 Å². The van der Waals surface area contributed by atoms with Crippen LogP contribution >= 0.6 is 0 Å². The van der Waals surface area contributed by atoms with E-state index in [0.717, 1.165) is 19.4 Å². The van der Waals surface area contributed by atoms with Crippen LogP contribution in [0.15, 0.2) is 0 Å². The second-order valence-corrected chi connectivity index (χ2v) is 6.02. The Balaban J connectivity index is 1.86. The molecule has 0 radical (unpaired) electrons. The zero-order chi connectivity index (χ0) is 12.3. The summed E-state index contributed by atoms with van der Waals surface area (Å²) in [6.45, 7) is 5.19. The van der Waals surface area contributed by atoms with Crippen molar-refractivity contribution in [3.05, 3.63) is 0 Å². The van der Waals surface area contributed by atoms with E-state index in [1.165, 1.54) is 32.1 Å². The smallest absolute Gasteiger partial charge is 0.240 e. The predicted molar refractivity (Wildman–Crippen MR) is 69.8 cm³/mol. The number of hydrogen-bond acceptors (Lipinski definition) is 2. The lowest BCUT2D eigenvalue weighted by Crippen LogP contribution is -2.58. The lowest BCUT2D eigenvalue weighted by molar-refractivity contribution is -0.128. The lowest BCUT2D eigenvalue weighted by atomic mass is 9.89. The molecule has 1 unspecified atom stereocenters. The van der Waals surface area contributed by atoms with Gasteiger partial charge >= 0.3 is 0 Å². The van der Waals surface area contributed by atoms with Crippen molar-refractivity contribution in [3.8, 4) is 0 Å². The topological polar surface area (TPSA) is 41.1 Å². The van der Waals surface area contributed by atoms with E-state index in [1.807, 2.05) is 6.92 Å². The normalized spacial score (nSPS) is 32.4. The van der Waals surface area contributed by atoms with Gasteiger partial charge in [-0.25, -0.2) is 0 Å². The Morgan fingerprint density at radius 2 is 2.00 bits per heavy atom. The molecule has 1 aliphatic heterocycles. The van der Waals surface area contributed by atoms with Crippen LogP contribution in [0.1, 0.15) is 58.8 Å². The Morgan fingerprint density at radius 3 is 2.59 bits per heavy atom. The maximum atomic E-state index is 12.3. The highest BCUT2D eigenvalue weighted by molar-refractivity contribution is 5.86. The Bertz CT molecular complexity index is 265. The van der Waals surface area contributed by atoms with Gasteiger partial charge in [0.1, 0.15) is 0 Å². The van der Waals surface area contributed by atoms with Gasteiger partial charge in [-0.05, 0) is 58.4 Å². The number of amides is 1. The van der Waals surface area contributed by atoms with Gasteiger partial charge in [0.2, 0.25) is 5.91 Å². The van der Waals surface area contributed by atoms with Crippen molar-refractivity contribution in [1.29, 1.82) is 0 Å². The van der Waals surface area contributed by atoms with E-state index in [9.17, 15) is 4.79 Å². The minimum absolute atomic E-state index is 0.205. The zero-order valence-corrected chi connectivity index (χ0v) is 11.2. The molecule has 0 aromatic carbocycles. The van der Waals surface area contributed by atoms with Crippen molar-refractivity contribution in [2.75, 3.05) is 6.54 Å². The molecule has 0 spiro atoms. The van der Waals surface area contributed by atoms with Crippen LogP contribution in [-0.4, -0.2) is 24.0 Å². The molecule has 1 amide bonds. The molecular weight excluding hydrogens is 212 g/mol. The summed E-state index contributed by atoms with van der Waals surface area (Å²) in [5.74, 6) is 0.905. The van der Waals surface area contributed by atoms with Crippen LogP contribution in [-0.2, 0) is 4.79 Å². The molecule has 1 aliphatic carbocycles. The number of carbonyl (C=O) groups excluding carboxylic acids is 1. The van der Waals surface area contributed by atoms with Gasteiger partial charge in [0.05, 0.1) is 5.54 Å². The number of piperidine rings is 1. The molecule has 2 rings (SSSR count). The maximum Gasteiger partial charge on any atom is 0.240 e. The van der Waals surface area contributed by atoms with E-state index in [0.29, 0.717) is 12.0 Å². The molecule has 2 N–H and O–H groups in total. The summed E-state index contributed by atoms with van der Waals surface area (Å²) in [6.07, 6.45) is 8.56. The Labute approximate surface area is 105 Å². The van der Waals surface area contributed by atoms with Crippen molar-refractivity contribution in [2.45, 2.75) is 70.4 Å². The largest absolute Gasteiger partial charge is 0.352 e. The summed E-state index contributed by atoms with van der Waals surface area (Å²) in [5, 5.41) is 6.61. The first kappa shape index (κ1) is 12.9. The average molecular weight is 238 g/mol. The van der Waals surface area contributed by atoms with E-state index < -0.39 is 0 Å². The average Bonchev–Trinajstić information content (AvgIpc) is 2.83. The quantitative estimate of drug-likeness (QED) is 0.791. The molecule has 2 aliphatic rings. The fourth-order valence-corrected chi connectivity index (χ4v) is 3.19. The standard InChI is InChI=1S/C14H26N2O/c1-11(12-7-3-4-8-12)16-13(17)14(2)9-5-6-10-15-14/h11-12,15H,3-10H2,1-2H3,(H,16,17)/t11-,14?/m0/s1. The molecule has 1 saturated heterocycles. The van der Waals surface area contributed by atoms with Crippen LogP contribution in [0.3, 0.4) is 0 Å². The molecule has 1 saturated carbocycles. The van der Waals surface area contributed by atoms with Crippen molar-refractivity contribution in [1.82, 2.24) is 10.6 Å². The van der Waals surface area contributed by atoms with E-state index >= 15 is 0 Å². The van der Waals surface area contributed by atoms with Gasteiger partial charge in [-0.3, -0.25) is 4.79 Å². The minimum atomic E-state index is -0.328. The first-order chi connectivity index (χ1) is 8.12. The number of carbonyl (C=O) groups is 1. The summed E-state index contributed by atoms with van der Waals surface area (Å²) < 4.78 is 0. The van der Waals surface area contributed by atoms with Crippen LogP contribution in [0, 0.1) is 5.92 Å². The number of rotatable bonds is 3. The third kappa shape index (κ3) is 3.01. The van der Waals surface area contributed by atoms with E-state index in [-0.39, 0.29) is 11.4 Å². The van der Waals surface area contributed by atoms with Gasteiger partial charge in [-0.1, -0.05) is 12.8 Å². The third-order valence-corrected chi connectivity index (χ3v) is 4.59. The van der Waals surface area contributed by atoms with Crippen molar-refractivity contribution in [2.24, 2.45) is 5.92 Å². The first-order valence-corrected chi connectivity index (χ1v) is 7.18. The van der Waals surface area contributed by atoms with Gasteiger partial charge in [0.25, 0.3) is 0 Å². The third-order valence-electron chi connectivity index (χ3n) is 4.59. The SMILES string of the molecule is C[C@H](NC(=O)C1(C)CCCCN1)C1CCCC1. The fraction of sp³-hybridized carbons (Fsp3) is 0.929. The predicted octanol–water partition coefficient (Wildman–Crippen LogP) is 2.21. The highest BCUT2D eigenvalue weighted by Crippen LogP contribution is 2.28. The van der Waals surface area contributed by atoms with Crippen LogP contribution < -0.4 is 10.6 Å². The van der Waals surface area contributed by atoms with Crippen molar-refractivity contribution < 1.29 is 4.79 Å². The molecule has 17 heavy (non-hydrogen) atoms. The monoisotopic (exact) mass is 238 g/mol. The fourth-order valence-electron chi connectivity index (χ4n) is 3.19. The minimum Gasteiger partial charge on any atom is -0.352 e. The molecule has 2 fully saturated rings. The Morgan fingerprint density at radius 1 is 1.29 bits per heavy atom. The Kier molecular flexibility index (Phi) is 4.08. The summed E-state index contributed by atoms with van der Waals surface area (Å²) in [7, 11) is 0. The van der Waals surface area contributed by atoms with E-state index in [2.05, 4.69) is 17.6 Å². The van der Waals surface area contributed by atoms with Gasteiger partial charge in [0.15, 0.2) is 0 Å². The molecule has 2 atom stereocenters.